The molecular weight excluding hydrogens is 354 g/mol. The number of hydrogen-bond donors (Lipinski definition) is 0. The molecule has 0 N–H and O–H groups in total. The molecule has 0 fully saturated rings. The molecule has 0 spiro atoms. The third-order valence-corrected chi connectivity index (χ3v) is 6.35. The van der Waals surface area contributed by atoms with E-state index in [4.69, 9.17) is 0 Å². The highest BCUT2D eigenvalue weighted by Crippen LogP contribution is 2.50. The van der Waals surface area contributed by atoms with Crippen LogP contribution in [0, 0.1) is 0 Å². The molecule has 1 atom stereocenters. The molecule has 3 aromatic carbocycles. The maximum atomic E-state index is 13.5. The fourth-order valence-corrected chi connectivity index (χ4v) is 4.96. The second kappa shape index (κ2) is 7.18. The number of aryl methyl sites for hydroxylation is 1. The molecule has 0 bridgehead atoms. The Bertz CT molecular complexity index is 1020. The van der Waals surface area contributed by atoms with Gasteiger partial charge in [0.05, 0.1) is 0 Å². The molecule has 2 nitrogen and oxygen atoms in total. The smallest absolute Gasteiger partial charge is 0.258 e. The van der Waals surface area contributed by atoms with Crippen LogP contribution in [-0.4, -0.2) is 11.4 Å². The van der Waals surface area contributed by atoms with E-state index in [-0.39, 0.29) is 16.9 Å². The second-order valence-corrected chi connectivity index (χ2v) is 8.90. The van der Waals surface area contributed by atoms with Gasteiger partial charge in [-0.2, -0.15) is 0 Å². The second-order valence-electron chi connectivity index (χ2n) is 8.90. The van der Waals surface area contributed by atoms with Crippen molar-refractivity contribution in [2.24, 2.45) is 0 Å². The Hall–Kier alpha value is -2.87. The summed E-state index contributed by atoms with van der Waals surface area (Å²) >= 11 is 0. The monoisotopic (exact) mass is 383 g/mol. The van der Waals surface area contributed by atoms with E-state index >= 15 is 0 Å². The third-order valence-electron chi connectivity index (χ3n) is 6.35. The van der Waals surface area contributed by atoms with Crippen molar-refractivity contribution in [3.05, 3.63) is 101 Å². The molecule has 0 aliphatic carbocycles. The van der Waals surface area contributed by atoms with E-state index in [2.05, 4.69) is 70.2 Å². The highest BCUT2D eigenvalue weighted by molar-refractivity contribution is 6.08. The maximum Gasteiger partial charge on any atom is 0.258 e. The van der Waals surface area contributed by atoms with Crippen LogP contribution in [0.5, 0.6) is 0 Å². The lowest BCUT2D eigenvalue weighted by Crippen LogP contribution is -2.55. The zero-order chi connectivity index (χ0) is 20.6. The quantitative estimate of drug-likeness (QED) is 0.513. The van der Waals surface area contributed by atoms with Crippen molar-refractivity contribution in [1.29, 1.82) is 0 Å². The van der Waals surface area contributed by atoms with Gasteiger partial charge in [0.25, 0.3) is 5.91 Å². The van der Waals surface area contributed by atoms with Crippen LogP contribution >= 0.6 is 0 Å². The zero-order valence-corrected chi connectivity index (χ0v) is 17.8. The molecule has 148 valence electrons. The summed E-state index contributed by atoms with van der Waals surface area (Å²) in [4.78, 5) is 15.5. The first-order chi connectivity index (χ1) is 13.9. The Morgan fingerprint density at radius 2 is 1.48 bits per heavy atom. The van der Waals surface area contributed by atoms with Crippen molar-refractivity contribution < 1.29 is 4.79 Å². The van der Waals surface area contributed by atoms with Gasteiger partial charge in [0, 0.05) is 22.2 Å². The van der Waals surface area contributed by atoms with Crippen LogP contribution in [0.15, 0.2) is 78.9 Å². The molecule has 1 aliphatic heterocycles. The van der Waals surface area contributed by atoms with Crippen LogP contribution in [0.4, 0.5) is 5.69 Å². The number of carbonyl (C=O) groups is 1. The molecule has 1 aliphatic rings. The van der Waals surface area contributed by atoms with Crippen molar-refractivity contribution in [2.75, 3.05) is 4.90 Å². The van der Waals surface area contributed by atoms with Crippen LogP contribution < -0.4 is 4.90 Å². The van der Waals surface area contributed by atoms with Gasteiger partial charge < -0.3 is 4.90 Å². The largest absolute Gasteiger partial charge is 0.302 e. The molecule has 0 saturated carbocycles. The first-order valence-corrected chi connectivity index (χ1v) is 10.5. The molecule has 4 rings (SSSR count). The van der Waals surface area contributed by atoms with Crippen molar-refractivity contribution in [3.63, 3.8) is 0 Å². The summed E-state index contributed by atoms with van der Waals surface area (Å²) in [6, 6.07) is 27.0. The number of amides is 1. The summed E-state index contributed by atoms with van der Waals surface area (Å²) in [6.07, 6.45) is 1.90. The minimum atomic E-state index is -0.320. The minimum Gasteiger partial charge on any atom is -0.302 e. The number of rotatable bonds is 3. The number of carbonyl (C=O) groups excluding carboxylic acids is 1. The molecule has 0 radical (unpaired) electrons. The summed E-state index contributed by atoms with van der Waals surface area (Å²) in [7, 11) is 0. The summed E-state index contributed by atoms with van der Waals surface area (Å²) in [5.74, 6) is 0.0615. The first-order valence-electron chi connectivity index (χ1n) is 10.5. The predicted octanol–water partition coefficient (Wildman–Crippen LogP) is 6.38. The van der Waals surface area contributed by atoms with E-state index in [9.17, 15) is 4.79 Å². The number of hydrogen-bond acceptors (Lipinski definition) is 1. The van der Waals surface area contributed by atoms with Gasteiger partial charge in [0.1, 0.15) is 0 Å². The van der Waals surface area contributed by atoms with Crippen LogP contribution in [0.3, 0.4) is 0 Å². The number of nitrogens with zero attached hydrogens (tertiary/aromatic N) is 1. The molecular formula is C27H29NO. The molecule has 29 heavy (non-hydrogen) atoms. The van der Waals surface area contributed by atoms with Gasteiger partial charge >= 0.3 is 0 Å². The Kier molecular flexibility index (Phi) is 4.82. The maximum absolute atomic E-state index is 13.5. The Morgan fingerprint density at radius 3 is 2.14 bits per heavy atom. The molecule has 1 heterocycles. The molecule has 3 aromatic rings. The lowest BCUT2D eigenvalue weighted by Gasteiger charge is -2.51. The third kappa shape index (κ3) is 3.27. The lowest BCUT2D eigenvalue weighted by atomic mass is 9.65. The standard InChI is InChI=1S/C27H29NO/c1-5-20-15-17-22(18-16-20)27(4)19-26(2,3)28(24-14-10-9-13-23(24)27)25(29)21-11-7-6-8-12-21/h6-18H,5,19H2,1-4H3. The van der Waals surface area contributed by atoms with E-state index in [1.54, 1.807) is 0 Å². The number of benzene rings is 3. The fraction of sp³-hybridized carbons (Fsp3) is 0.296. The average molecular weight is 384 g/mol. The molecule has 1 unspecified atom stereocenters. The van der Waals surface area contributed by atoms with Crippen molar-refractivity contribution >= 4 is 11.6 Å². The zero-order valence-electron chi connectivity index (χ0n) is 17.8. The van der Waals surface area contributed by atoms with E-state index in [0.717, 1.165) is 24.1 Å². The minimum absolute atomic E-state index is 0.0615. The van der Waals surface area contributed by atoms with Crippen molar-refractivity contribution in [3.8, 4) is 0 Å². The summed E-state index contributed by atoms with van der Waals surface area (Å²) in [5.41, 5.74) is 5.14. The average Bonchev–Trinajstić information content (AvgIpc) is 2.73. The fourth-order valence-electron chi connectivity index (χ4n) is 4.96. The van der Waals surface area contributed by atoms with Crippen LogP contribution in [0.1, 0.15) is 61.2 Å². The molecule has 2 heteroatoms. The first kappa shape index (κ1) is 19.4. The summed E-state index contributed by atoms with van der Waals surface area (Å²) in [5, 5.41) is 0. The Balaban J connectivity index is 1.86. The van der Waals surface area contributed by atoms with Crippen LogP contribution in [-0.2, 0) is 11.8 Å². The number of para-hydroxylation sites is 1. The van der Waals surface area contributed by atoms with Gasteiger partial charge in [-0.15, -0.1) is 0 Å². The van der Waals surface area contributed by atoms with Gasteiger partial charge in [-0.05, 0) is 61.6 Å². The van der Waals surface area contributed by atoms with E-state index in [1.165, 1.54) is 16.7 Å². The van der Waals surface area contributed by atoms with Gasteiger partial charge in [-0.1, -0.05) is 74.5 Å². The summed E-state index contributed by atoms with van der Waals surface area (Å²) in [6.45, 7) is 8.87. The molecule has 0 aromatic heterocycles. The van der Waals surface area contributed by atoms with Crippen LogP contribution in [0.2, 0.25) is 0 Å². The van der Waals surface area contributed by atoms with Crippen molar-refractivity contribution in [2.45, 2.75) is 51.5 Å². The van der Waals surface area contributed by atoms with Crippen LogP contribution in [0.25, 0.3) is 0 Å². The lowest BCUT2D eigenvalue weighted by molar-refractivity contribution is 0.0948. The van der Waals surface area contributed by atoms with E-state index in [1.807, 2.05) is 41.3 Å². The van der Waals surface area contributed by atoms with Crippen molar-refractivity contribution in [1.82, 2.24) is 0 Å². The van der Waals surface area contributed by atoms with Gasteiger partial charge in [-0.3, -0.25) is 4.79 Å². The number of anilines is 1. The molecule has 1 amide bonds. The Morgan fingerprint density at radius 1 is 0.862 bits per heavy atom. The topological polar surface area (TPSA) is 20.3 Å². The van der Waals surface area contributed by atoms with Gasteiger partial charge in [-0.25, -0.2) is 0 Å². The highest BCUT2D eigenvalue weighted by Gasteiger charge is 2.47. The van der Waals surface area contributed by atoms with E-state index < -0.39 is 0 Å². The van der Waals surface area contributed by atoms with Gasteiger partial charge in [0.15, 0.2) is 0 Å². The highest BCUT2D eigenvalue weighted by atomic mass is 16.2. The SMILES string of the molecule is CCc1ccc(C2(C)CC(C)(C)N(C(=O)c3ccccc3)c3ccccc32)cc1. The Labute approximate surface area is 174 Å². The van der Waals surface area contributed by atoms with E-state index in [0.29, 0.717) is 0 Å². The summed E-state index contributed by atoms with van der Waals surface area (Å²) < 4.78 is 0. The molecule has 0 saturated heterocycles. The van der Waals surface area contributed by atoms with Gasteiger partial charge in [0.2, 0.25) is 0 Å². The normalized spacial score (nSPS) is 20.2. The predicted molar refractivity (Wildman–Crippen MR) is 121 cm³/mol. The number of fused-ring (bicyclic) bond motifs is 1.